The Kier molecular flexibility index (Phi) is 2.64. The number of methoxy groups -OCH3 is 1. The van der Waals surface area contributed by atoms with Crippen molar-refractivity contribution < 1.29 is 13.2 Å². The number of nitrogens with one attached hydrogen (secondary N) is 1. The molecule has 0 aromatic heterocycles. The Hall–Kier alpha value is -1.07. The Morgan fingerprint density at radius 3 is 2.89 bits per heavy atom. The summed E-state index contributed by atoms with van der Waals surface area (Å²) in [5.74, 6) is 1.02. The third-order valence-corrected chi connectivity index (χ3v) is 6.21. The lowest BCUT2D eigenvalue weighted by Gasteiger charge is -2.32. The first kappa shape index (κ1) is 12.0. The van der Waals surface area contributed by atoms with Crippen LogP contribution in [0.2, 0.25) is 0 Å². The molecule has 18 heavy (non-hydrogen) atoms. The van der Waals surface area contributed by atoms with E-state index in [-0.39, 0.29) is 23.1 Å². The van der Waals surface area contributed by atoms with E-state index in [4.69, 9.17) is 4.74 Å². The van der Waals surface area contributed by atoms with Crippen LogP contribution in [0.3, 0.4) is 0 Å². The summed E-state index contributed by atoms with van der Waals surface area (Å²) in [5.41, 5.74) is 2.20. The Morgan fingerprint density at radius 1 is 1.39 bits per heavy atom. The minimum absolute atomic E-state index is 0.00778. The largest absolute Gasteiger partial charge is 0.497 e. The van der Waals surface area contributed by atoms with Gasteiger partial charge in [0.15, 0.2) is 9.84 Å². The van der Waals surface area contributed by atoms with Crippen molar-refractivity contribution in [3.05, 3.63) is 29.3 Å². The van der Waals surface area contributed by atoms with Crippen LogP contribution in [0.1, 0.15) is 24.1 Å². The van der Waals surface area contributed by atoms with Crippen LogP contribution in [0.25, 0.3) is 0 Å². The standard InChI is InChI=1S/C13H17NO3S/c1-8-7-18(15,16)12-5-9-3-4-10(17-2)6-11(9)13(12)14-8/h3-4,6,8,12-14H,5,7H2,1-2H3. The summed E-state index contributed by atoms with van der Waals surface area (Å²) in [4.78, 5) is 0. The highest BCUT2D eigenvalue weighted by molar-refractivity contribution is 7.92. The summed E-state index contributed by atoms with van der Waals surface area (Å²) in [7, 11) is -1.37. The van der Waals surface area contributed by atoms with E-state index in [1.165, 1.54) is 0 Å². The minimum Gasteiger partial charge on any atom is -0.497 e. The van der Waals surface area contributed by atoms with Crippen LogP contribution in [-0.4, -0.2) is 32.6 Å². The summed E-state index contributed by atoms with van der Waals surface area (Å²) in [6, 6.07) is 5.76. The second kappa shape index (κ2) is 3.96. The number of hydrogen-bond acceptors (Lipinski definition) is 4. The summed E-state index contributed by atoms with van der Waals surface area (Å²) >= 11 is 0. The van der Waals surface area contributed by atoms with E-state index >= 15 is 0 Å². The number of ether oxygens (including phenoxy) is 1. The van der Waals surface area contributed by atoms with Crippen LogP contribution in [0.5, 0.6) is 5.75 Å². The van der Waals surface area contributed by atoms with Crippen molar-refractivity contribution in [2.75, 3.05) is 12.9 Å². The highest BCUT2D eigenvalue weighted by Crippen LogP contribution is 2.40. The van der Waals surface area contributed by atoms with E-state index < -0.39 is 9.84 Å². The second-order valence-electron chi connectivity index (χ2n) is 5.18. The van der Waals surface area contributed by atoms with E-state index in [2.05, 4.69) is 5.32 Å². The molecule has 0 bridgehead atoms. The monoisotopic (exact) mass is 267 g/mol. The van der Waals surface area contributed by atoms with Crippen LogP contribution in [0.4, 0.5) is 0 Å². The van der Waals surface area contributed by atoms with Crippen molar-refractivity contribution in [3.63, 3.8) is 0 Å². The molecule has 3 atom stereocenters. The zero-order valence-electron chi connectivity index (χ0n) is 10.5. The highest BCUT2D eigenvalue weighted by atomic mass is 32.2. The van der Waals surface area contributed by atoms with E-state index in [1.54, 1.807) is 7.11 Å². The van der Waals surface area contributed by atoms with Crippen LogP contribution in [0.15, 0.2) is 18.2 Å². The van der Waals surface area contributed by atoms with Gasteiger partial charge in [-0.15, -0.1) is 0 Å². The molecule has 1 aliphatic heterocycles. The first-order valence-corrected chi connectivity index (χ1v) is 7.87. The fraction of sp³-hybridized carbons (Fsp3) is 0.538. The summed E-state index contributed by atoms with van der Waals surface area (Å²) in [6.07, 6.45) is 0.617. The van der Waals surface area contributed by atoms with E-state index in [0.29, 0.717) is 6.42 Å². The normalized spacial score (nSPS) is 32.7. The molecule has 1 fully saturated rings. The topological polar surface area (TPSA) is 55.4 Å². The fourth-order valence-corrected chi connectivity index (χ4v) is 5.18. The molecule has 1 saturated heterocycles. The maximum absolute atomic E-state index is 12.2. The van der Waals surface area contributed by atoms with Crippen molar-refractivity contribution in [1.82, 2.24) is 5.32 Å². The van der Waals surface area contributed by atoms with Crippen molar-refractivity contribution in [2.45, 2.75) is 30.7 Å². The number of sulfone groups is 1. The zero-order valence-corrected chi connectivity index (χ0v) is 11.3. The molecule has 1 aliphatic carbocycles. The maximum atomic E-state index is 12.2. The molecule has 3 unspecified atom stereocenters. The lowest BCUT2D eigenvalue weighted by atomic mass is 10.1. The number of benzene rings is 1. The molecule has 98 valence electrons. The van der Waals surface area contributed by atoms with E-state index in [9.17, 15) is 8.42 Å². The Labute approximate surface area is 107 Å². The first-order valence-electron chi connectivity index (χ1n) is 6.15. The van der Waals surface area contributed by atoms with Gasteiger partial charge in [0, 0.05) is 12.1 Å². The Bertz CT molecular complexity index is 582. The molecule has 4 nitrogen and oxygen atoms in total. The van der Waals surface area contributed by atoms with Crippen molar-refractivity contribution in [3.8, 4) is 5.75 Å². The molecule has 5 heteroatoms. The van der Waals surface area contributed by atoms with Crippen molar-refractivity contribution in [2.24, 2.45) is 0 Å². The molecular formula is C13H17NO3S. The van der Waals surface area contributed by atoms with Gasteiger partial charge in [-0.25, -0.2) is 8.42 Å². The van der Waals surface area contributed by atoms with Gasteiger partial charge in [-0.3, -0.25) is 0 Å². The average Bonchev–Trinajstić information content (AvgIpc) is 2.67. The van der Waals surface area contributed by atoms with Crippen LogP contribution in [0, 0.1) is 0 Å². The molecule has 1 heterocycles. The molecule has 0 radical (unpaired) electrons. The molecule has 1 aromatic carbocycles. The van der Waals surface area contributed by atoms with Gasteiger partial charge >= 0.3 is 0 Å². The second-order valence-corrected chi connectivity index (χ2v) is 7.45. The van der Waals surface area contributed by atoms with Crippen LogP contribution in [-0.2, 0) is 16.3 Å². The SMILES string of the molecule is COc1ccc2c(c1)C1NC(C)CS(=O)(=O)C1C2. The Balaban J connectivity index is 2.06. The van der Waals surface area contributed by atoms with Gasteiger partial charge in [-0.2, -0.15) is 0 Å². The minimum atomic E-state index is -3.00. The highest BCUT2D eigenvalue weighted by Gasteiger charge is 2.45. The maximum Gasteiger partial charge on any atom is 0.156 e. The molecule has 0 amide bonds. The van der Waals surface area contributed by atoms with E-state index in [1.807, 2.05) is 25.1 Å². The summed E-state index contributed by atoms with van der Waals surface area (Å²) in [6.45, 7) is 1.92. The molecule has 1 N–H and O–H groups in total. The van der Waals surface area contributed by atoms with Crippen LogP contribution >= 0.6 is 0 Å². The lowest BCUT2D eigenvalue weighted by molar-refractivity contribution is 0.410. The fourth-order valence-electron chi connectivity index (χ4n) is 3.07. The van der Waals surface area contributed by atoms with Gasteiger partial charge in [0.1, 0.15) is 5.75 Å². The zero-order chi connectivity index (χ0) is 12.9. The summed E-state index contributed by atoms with van der Waals surface area (Å²) < 4.78 is 29.7. The van der Waals surface area contributed by atoms with Gasteiger partial charge in [0.25, 0.3) is 0 Å². The first-order chi connectivity index (χ1) is 8.51. The predicted molar refractivity (Wildman–Crippen MR) is 69.6 cm³/mol. The predicted octanol–water partition coefficient (Wildman–Crippen LogP) is 1.07. The molecule has 1 aromatic rings. The number of fused-ring (bicyclic) bond motifs is 3. The Morgan fingerprint density at radius 2 is 2.17 bits per heavy atom. The van der Waals surface area contributed by atoms with Gasteiger partial charge < -0.3 is 10.1 Å². The number of rotatable bonds is 1. The summed E-state index contributed by atoms with van der Waals surface area (Å²) in [5, 5.41) is 3.10. The van der Waals surface area contributed by atoms with Crippen LogP contribution < -0.4 is 10.1 Å². The third kappa shape index (κ3) is 1.73. The smallest absolute Gasteiger partial charge is 0.156 e. The van der Waals surface area contributed by atoms with Gasteiger partial charge in [-0.1, -0.05) is 6.07 Å². The molecule has 0 spiro atoms. The quantitative estimate of drug-likeness (QED) is 0.827. The average molecular weight is 267 g/mol. The van der Waals surface area contributed by atoms with Gasteiger partial charge in [0.2, 0.25) is 0 Å². The van der Waals surface area contributed by atoms with Crippen molar-refractivity contribution >= 4 is 9.84 Å². The van der Waals surface area contributed by atoms with E-state index in [0.717, 1.165) is 16.9 Å². The van der Waals surface area contributed by atoms with Gasteiger partial charge in [0.05, 0.1) is 18.1 Å². The molecular weight excluding hydrogens is 250 g/mol. The number of hydrogen-bond donors (Lipinski definition) is 1. The molecule has 2 aliphatic rings. The lowest BCUT2D eigenvalue weighted by Crippen LogP contribution is -2.49. The molecule has 0 saturated carbocycles. The van der Waals surface area contributed by atoms with Crippen molar-refractivity contribution in [1.29, 1.82) is 0 Å². The third-order valence-electron chi connectivity index (χ3n) is 3.89. The molecule has 3 rings (SSSR count). The van der Waals surface area contributed by atoms with Gasteiger partial charge in [-0.05, 0) is 36.6 Å².